The molecular formula is C24H18F3N3O2. The summed E-state index contributed by atoms with van der Waals surface area (Å²) in [5.74, 6) is -1.94. The van der Waals surface area contributed by atoms with Gasteiger partial charge in [0.1, 0.15) is 17.4 Å². The van der Waals surface area contributed by atoms with Crippen LogP contribution in [0.3, 0.4) is 0 Å². The van der Waals surface area contributed by atoms with Gasteiger partial charge in [0, 0.05) is 18.3 Å². The monoisotopic (exact) mass is 437 g/mol. The number of hydrogen-bond donors (Lipinski definition) is 1. The summed E-state index contributed by atoms with van der Waals surface area (Å²) < 4.78 is 46.1. The largest absolute Gasteiger partial charge is 0.438 e. The van der Waals surface area contributed by atoms with Crippen LogP contribution in [0, 0.1) is 17.5 Å². The number of amides is 2. The van der Waals surface area contributed by atoms with Crippen molar-refractivity contribution in [2.75, 3.05) is 11.9 Å². The van der Waals surface area contributed by atoms with Gasteiger partial charge in [0.2, 0.25) is 5.89 Å². The number of carbonyl (C=O) groups excluding carboxylic acids is 1. The molecule has 0 bridgehead atoms. The second-order valence-electron chi connectivity index (χ2n) is 7.66. The van der Waals surface area contributed by atoms with Crippen molar-refractivity contribution in [1.82, 2.24) is 9.88 Å². The lowest BCUT2D eigenvalue weighted by Gasteiger charge is -2.22. The van der Waals surface area contributed by atoms with E-state index >= 15 is 0 Å². The zero-order valence-electron chi connectivity index (χ0n) is 16.8. The Kier molecular flexibility index (Phi) is 5.05. The molecule has 1 atom stereocenters. The van der Waals surface area contributed by atoms with Crippen LogP contribution in [0.2, 0.25) is 0 Å². The predicted molar refractivity (Wildman–Crippen MR) is 113 cm³/mol. The first-order valence-electron chi connectivity index (χ1n) is 10.2. The fraction of sp³-hybridized carbons (Fsp3) is 0.167. The number of benzene rings is 3. The normalized spacial score (nSPS) is 16.0. The van der Waals surface area contributed by atoms with Crippen LogP contribution in [0.4, 0.5) is 23.7 Å². The van der Waals surface area contributed by atoms with Gasteiger partial charge in [0.15, 0.2) is 17.2 Å². The molecule has 162 valence electrons. The number of rotatable bonds is 3. The van der Waals surface area contributed by atoms with Crippen molar-refractivity contribution < 1.29 is 22.4 Å². The van der Waals surface area contributed by atoms with E-state index in [9.17, 15) is 18.0 Å². The Balaban J connectivity index is 1.39. The number of likely N-dealkylation sites (tertiary alicyclic amines) is 1. The number of oxazole rings is 1. The topological polar surface area (TPSA) is 58.4 Å². The molecular weight excluding hydrogens is 419 g/mol. The fourth-order valence-electron chi connectivity index (χ4n) is 3.97. The van der Waals surface area contributed by atoms with Crippen molar-refractivity contribution in [3.05, 3.63) is 84.0 Å². The van der Waals surface area contributed by atoms with Crippen LogP contribution >= 0.6 is 0 Å². The van der Waals surface area contributed by atoms with Crippen molar-refractivity contribution >= 4 is 22.8 Å². The maximum atomic E-state index is 13.6. The van der Waals surface area contributed by atoms with Gasteiger partial charge < -0.3 is 14.6 Å². The number of nitrogens with one attached hydrogen (secondary N) is 1. The predicted octanol–water partition coefficient (Wildman–Crippen LogP) is 6.28. The molecule has 3 aromatic carbocycles. The molecule has 1 unspecified atom stereocenters. The molecule has 2 amide bonds. The van der Waals surface area contributed by atoms with Crippen LogP contribution in [0.1, 0.15) is 24.8 Å². The Hall–Kier alpha value is -3.81. The molecule has 0 radical (unpaired) electrons. The van der Waals surface area contributed by atoms with Crippen molar-refractivity contribution in [3.8, 4) is 11.1 Å². The van der Waals surface area contributed by atoms with E-state index in [0.717, 1.165) is 29.7 Å². The number of hydrogen-bond acceptors (Lipinski definition) is 3. The van der Waals surface area contributed by atoms with Gasteiger partial charge in [-0.15, -0.1) is 0 Å². The van der Waals surface area contributed by atoms with Crippen LogP contribution in [0.5, 0.6) is 0 Å². The molecule has 1 saturated heterocycles. The highest BCUT2D eigenvalue weighted by Crippen LogP contribution is 2.35. The van der Waals surface area contributed by atoms with E-state index in [0.29, 0.717) is 30.0 Å². The molecule has 1 N–H and O–H groups in total. The average molecular weight is 437 g/mol. The maximum Gasteiger partial charge on any atom is 0.322 e. The Morgan fingerprint density at radius 2 is 1.84 bits per heavy atom. The first-order valence-corrected chi connectivity index (χ1v) is 10.2. The first kappa shape index (κ1) is 20.1. The lowest BCUT2D eigenvalue weighted by molar-refractivity contribution is 0.199. The highest BCUT2D eigenvalue weighted by Gasteiger charge is 2.33. The highest BCUT2D eigenvalue weighted by atomic mass is 19.2. The van der Waals surface area contributed by atoms with Gasteiger partial charge in [-0.25, -0.2) is 22.9 Å². The van der Waals surface area contributed by atoms with Crippen LogP contribution in [0.25, 0.3) is 22.2 Å². The third-order valence-electron chi connectivity index (χ3n) is 5.53. The molecule has 1 aromatic heterocycles. The molecule has 1 fully saturated rings. The van der Waals surface area contributed by atoms with Crippen molar-refractivity contribution in [3.63, 3.8) is 0 Å². The molecule has 5 rings (SSSR count). The van der Waals surface area contributed by atoms with Crippen molar-refractivity contribution in [2.45, 2.75) is 18.9 Å². The minimum absolute atomic E-state index is 0.164. The third-order valence-corrected chi connectivity index (χ3v) is 5.53. The minimum atomic E-state index is -1.03. The lowest BCUT2D eigenvalue weighted by Crippen LogP contribution is -2.34. The molecule has 32 heavy (non-hydrogen) atoms. The highest BCUT2D eigenvalue weighted by molar-refractivity contribution is 5.90. The van der Waals surface area contributed by atoms with Gasteiger partial charge in [0.05, 0.1) is 0 Å². The summed E-state index contributed by atoms with van der Waals surface area (Å²) in [5.41, 5.74) is 2.86. The SMILES string of the molecule is O=C(Nc1ccc(F)c(F)c1)N1CCCC1c1nc2cc(-c3cccc(F)c3)ccc2o1. The summed E-state index contributed by atoms with van der Waals surface area (Å²) in [6, 6.07) is 14.1. The summed E-state index contributed by atoms with van der Waals surface area (Å²) in [7, 11) is 0. The van der Waals surface area contributed by atoms with Gasteiger partial charge in [-0.2, -0.15) is 0 Å². The summed E-state index contributed by atoms with van der Waals surface area (Å²) in [6.07, 6.45) is 1.41. The zero-order chi connectivity index (χ0) is 22.2. The molecule has 0 spiro atoms. The number of urea groups is 1. The Labute approximate surface area is 181 Å². The van der Waals surface area contributed by atoms with Gasteiger partial charge in [0.25, 0.3) is 0 Å². The van der Waals surface area contributed by atoms with Gasteiger partial charge in [-0.3, -0.25) is 0 Å². The van der Waals surface area contributed by atoms with Gasteiger partial charge in [-0.1, -0.05) is 18.2 Å². The molecule has 8 heteroatoms. The summed E-state index contributed by atoms with van der Waals surface area (Å²) in [6.45, 7) is 0.480. The quantitative estimate of drug-likeness (QED) is 0.410. The molecule has 0 aliphatic carbocycles. The molecule has 1 aliphatic rings. The van der Waals surface area contributed by atoms with Crippen LogP contribution in [-0.4, -0.2) is 22.5 Å². The Morgan fingerprint density at radius 3 is 2.66 bits per heavy atom. The number of halogens is 3. The van der Waals surface area contributed by atoms with Crippen LogP contribution in [0.15, 0.2) is 65.1 Å². The average Bonchev–Trinajstić information content (AvgIpc) is 3.42. The van der Waals surface area contributed by atoms with Gasteiger partial charge >= 0.3 is 6.03 Å². The number of nitrogens with zero attached hydrogens (tertiary/aromatic N) is 2. The van der Waals surface area contributed by atoms with E-state index in [1.807, 2.05) is 18.2 Å². The Morgan fingerprint density at radius 1 is 1.00 bits per heavy atom. The van der Waals surface area contributed by atoms with E-state index < -0.39 is 17.7 Å². The second-order valence-corrected chi connectivity index (χ2v) is 7.66. The van der Waals surface area contributed by atoms with Gasteiger partial charge in [-0.05, 0) is 60.4 Å². The molecule has 4 aromatic rings. The number of fused-ring (bicyclic) bond motifs is 1. The standard InChI is InChI=1S/C24H18F3N3O2/c25-16-4-1-3-14(11-16)15-6-9-22-20(12-15)29-23(32-22)21-5-2-10-30(21)24(31)28-17-7-8-18(26)19(27)13-17/h1,3-4,6-9,11-13,21H,2,5,10H2,(H,28,31). The maximum absolute atomic E-state index is 13.6. The molecule has 5 nitrogen and oxygen atoms in total. The van der Waals surface area contributed by atoms with E-state index in [-0.39, 0.29) is 17.5 Å². The zero-order valence-corrected chi connectivity index (χ0v) is 16.8. The molecule has 1 aliphatic heterocycles. The number of aromatic nitrogens is 1. The number of carbonyl (C=O) groups is 1. The van der Waals surface area contributed by atoms with E-state index in [1.54, 1.807) is 17.0 Å². The fourth-order valence-corrected chi connectivity index (χ4v) is 3.97. The smallest absolute Gasteiger partial charge is 0.322 e. The van der Waals surface area contributed by atoms with Crippen molar-refractivity contribution in [1.29, 1.82) is 0 Å². The molecule has 0 saturated carbocycles. The second kappa shape index (κ2) is 8.03. The van der Waals surface area contributed by atoms with E-state index in [1.165, 1.54) is 18.2 Å². The van der Waals surface area contributed by atoms with E-state index in [2.05, 4.69) is 10.3 Å². The first-order chi connectivity index (χ1) is 15.5. The summed E-state index contributed by atoms with van der Waals surface area (Å²) in [4.78, 5) is 18.9. The Bertz CT molecular complexity index is 1320. The lowest BCUT2D eigenvalue weighted by atomic mass is 10.1. The summed E-state index contributed by atoms with van der Waals surface area (Å²) >= 11 is 0. The third kappa shape index (κ3) is 3.79. The minimum Gasteiger partial charge on any atom is -0.438 e. The molecule has 2 heterocycles. The van der Waals surface area contributed by atoms with Crippen LogP contribution < -0.4 is 5.32 Å². The van der Waals surface area contributed by atoms with Crippen LogP contribution in [-0.2, 0) is 0 Å². The van der Waals surface area contributed by atoms with Crippen molar-refractivity contribution in [2.24, 2.45) is 0 Å². The number of anilines is 1. The summed E-state index contributed by atoms with van der Waals surface area (Å²) in [5, 5.41) is 2.60. The van der Waals surface area contributed by atoms with E-state index in [4.69, 9.17) is 4.42 Å².